The van der Waals surface area contributed by atoms with Gasteiger partial charge < -0.3 is 19.7 Å². The minimum absolute atomic E-state index is 0.101. The lowest BCUT2D eigenvalue weighted by atomic mass is 9.70. The van der Waals surface area contributed by atoms with E-state index < -0.39 is 24.4 Å². The Bertz CT molecular complexity index is 1980. The van der Waals surface area contributed by atoms with Gasteiger partial charge in [0, 0.05) is 16.8 Å². The second-order valence-electron chi connectivity index (χ2n) is 16.6. The summed E-state index contributed by atoms with van der Waals surface area (Å²) in [6, 6.07) is 27.4. The van der Waals surface area contributed by atoms with Gasteiger partial charge in [-0.2, -0.15) is 0 Å². The minimum atomic E-state index is -0.708. The Morgan fingerprint density at radius 2 is 0.952 bits per heavy atom. The summed E-state index contributed by atoms with van der Waals surface area (Å²) in [6.07, 6.45) is 24.0. The number of anilines is 2. The number of hydrogen-bond donors (Lipinski definition) is 4. The Hall–Kier alpha value is -5.70. The number of unbranched alkanes of at least 4 members (excludes halogenated alkanes) is 10. The van der Waals surface area contributed by atoms with E-state index >= 15 is 0 Å². The van der Waals surface area contributed by atoms with Gasteiger partial charge in [-0.25, -0.2) is 9.59 Å². The van der Waals surface area contributed by atoms with Gasteiger partial charge in [-0.15, -0.1) is 13.2 Å². The first kappa shape index (κ1) is 48.3. The van der Waals surface area contributed by atoms with Gasteiger partial charge in [0.1, 0.15) is 13.2 Å². The molecule has 0 heterocycles. The molecule has 0 fully saturated rings. The molecule has 8 nitrogen and oxygen atoms in total. The fourth-order valence-corrected chi connectivity index (χ4v) is 8.53. The molecule has 334 valence electrons. The Morgan fingerprint density at radius 3 is 1.33 bits per heavy atom. The summed E-state index contributed by atoms with van der Waals surface area (Å²) < 4.78 is 11.1. The van der Waals surface area contributed by atoms with Crippen LogP contribution in [0.1, 0.15) is 149 Å². The third kappa shape index (κ3) is 14.2. The van der Waals surface area contributed by atoms with E-state index in [9.17, 15) is 19.8 Å². The molecule has 0 spiro atoms. The fraction of sp³-hybridized carbons (Fsp3) is 0.382. The van der Waals surface area contributed by atoms with Crippen molar-refractivity contribution in [2.24, 2.45) is 0 Å². The van der Waals surface area contributed by atoms with E-state index in [1.807, 2.05) is 72.8 Å². The van der Waals surface area contributed by atoms with Crippen LogP contribution < -0.4 is 10.6 Å². The Balaban J connectivity index is 1.33. The molecule has 63 heavy (non-hydrogen) atoms. The minimum Gasteiger partial charge on any atom is -0.445 e. The second kappa shape index (κ2) is 25.4. The van der Waals surface area contributed by atoms with E-state index in [0.29, 0.717) is 11.4 Å². The first-order chi connectivity index (χ1) is 30.7. The largest absolute Gasteiger partial charge is 0.445 e. The molecule has 4 aromatic rings. The van der Waals surface area contributed by atoms with Crippen LogP contribution in [-0.4, -0.2) is 35.6 Å². The monoisotopic (exact) mass is 853 g/mol. The molecule has 5 rings (SSSR count). The number of benzene rings is 4. The SMILES string of the molecule is C=CC(O)c1ccc(/C=C/COC(=O)Nc2ccc3c(c2)C(CCCCCCCC)(CCCCCCCC)c2cc(NC(=O)OC/C=C/c4ccc(C(O)C=C)cc4)ccc2-3)cc1. The maximum absolute atomic E-state index is 13.1. The zero-order valence-electron chi connectivity index (χ0n) is 37.5. The van der Waals surface area contributed by atoms with E-state index in [2.05, 4.69) is 61.9 Å². The van der Waals surface area contributed by atoms with E-state index in [1.165, 1.54) is 74.6 Å². The van der Waals surface area contributed by atoms with E-state index in [1.54, 1.807) is 12.2 Å². The molecular formula is C55H68N2O6. The highest BCUT2D eigenvalue weighted by Gasteiger charge is 2.42. The van der Waals surface area contributed by atoms with Crippen LogP contribution in [0, 0.1) is 0 Å². The number of aliphatic hydroxyl groups excluding tert-OH is 2. The summed E-state index contributed by atoms with van der Waals surface area (Å²) in [6.45, 7) is 12.0. The van der Waals surface area contributed by atoms with Crippen molar-refractivity contribution in [3.05, 3.63) is 156 Å². The lowest BCUT2D eigenvalue weighted by Gasteiger charge is -2.33. The number of ether oxygens (including phenoxy) is 2. The maximum Gasteiger partial charge on any atom is 0.411 e. The average molecular weight is 853 g/mol. The van der Waals surface area contributed by atoms with Gasteiger partial charge in [0.05, 0.1) is 12.2 Å². The fourth-order valence-electron chi connectivity index (χ4n) is 8.53. The third-order valence-electron chi connectivity index (χ3n) is 12.0. The number of carbonyl (C=O) groups is 2. The molecule has 8 heteroatoms. The van der Waals surface area contributed by atoms with Crippen LogP contribution in [0.2, 0.25) is 0 Å². The van der Waals surface area contributed by atoms with E-state index in [0.717, 1.165) is 71.9 Å². The molecule has 2 amide bonds. The van der Waals surface area contributed by atoms with Crippen molar-refractivity contribution in [2.45, 2.75) is 121 Å². The van der Waals surface area contributed by atoms with Crippen LogP contribution >= 0.6 is 0 Å². The zero-order valence-corrected chi connectivity index (χ0v) is 37.5. The Morgan fingerprint density at radius 1 is 0.571 bits per heavy atom. The van der Waals surface area contributed by atoms with Gasteiger partial charge in [0.15, 0.2) is 0 Å². The van der Waals surface area contributed by atoms with Gasteiger partial charge in [0.2, 0.25) is 0 Å². The number of fused-ring (bicyclic) bond motifs is 3. The highest BCUT2D eigenvalue weighted by atomic mass is 16.6. The normalized spacial score (nSPS) is 13.6. The molecule has 2 atom stereocenters. The summed E-state index contributed by atoms with van der Waals surface area (Å²) in [5.74, 6) is 0. The molecule has 0 radical (unpaired) electrons. The number of nitrogens with one attached hydrogen (secondary N) is 2. The highest BCUT2D eigenvalue weighted by Crippen LogP contribution is 2.55. The van der Waals surface area contributed by atoms with Gasteiger partial charge in [-0.05, 0) is 93.8 Å². The molecule has 1 aliphatic rings. The van der Waals surface area contributed by atoms with Crippen molar-refractivity contribution in [1.29, 1.82) is 0 Å². The molecule has 0 aromatic heterocycles. The van der Waals surface area contributed by atoms with Crippen molar-refractivity contribution >= 4 is 35.7 Å². The van der Waals surface area contributed by atoms with Crippen molar-refractivity contribution in [3.63, 3.8) is 0 Å². The molecule has 0 aliphatic heterocycles. The van der Waals surface area contributed by atoms with Crippen LogP contribution in [0.4, 0.5) is 21.0 Å². The summed E-state index contributed by atoms with van der Waals surface area (Å²) in [5.41, 5.74) is 9.17. The van der Waals surface area contributed by atoms with E-state index in [-0.39, 0.29) is 18.6 Å². The molecule has 0 saturated heterocycles. The molecule has 2 unspecified atom stereocenters. The Labute approximate surface area is 375 Å². The third-order valence-corrected chi connectivity index (χ3v) is 12.0. The summed E-state index contributed by atoms with van der Waals surface area (Å²) in [5, 5.41) is 26.0. The standard InChI is InChI=1S/C55H68N2O6/c1-5-9-11-13-15-17-35-55(36-18-16-14-12-10-6-2)49-39-45(56-53(60)62-37-19-21-41-23-27-43(28-24-41)51(58)7-3)31-33-47(49)48-34-32-46(40-50(48)55)57-54(61)63-38-20-22-42-25-29-44(30-26-42)52(59)8-4/h7-8,19-34,39-40,51-52,58-59H,3-6,9-18,35-38H2,1-2H3,(H,56,60)(H,57,61)/b21-19+,22-20+. The van der Waals surface area contributed by atoms with Crippen LogP contribution in [0.3, 0.4) is 0 Å². The van der Waals surface area contributed by atoms with Crippen LogP contribution in [0.25, 0.3) is 23.3 Å². The van der Waals surface area contributed by atoms with Gasteiger partial charge >= 0.3 is 12.2 Å². The molecule has 1 aliphatic carbocycles. The maximum atomic E-state index is 13.1. The second-order valence-corrected chi connectivity index (χ2v) is 16.6. The first-order valence-corrected chi connectivity index (χ1v) is 23.0. The quantitative estimate of drug-likeness (QED) is 0.0369. The van der Waals surface area contributed by atoms with Gasteiger partial charge in [-0.1, -0.05) is 176 Å². The Kier molecular flexibility index (Phi) is 19.5. The van der Waals surface area contributed by atoms with E-state index in [4.69, 9.17) is 9.47 Å². The number of hydrogen-bond acceptors (Lipinski definition) is 6. The molecule has 0 saturated carbocycles. The lowest BCUT2D eigenvalue weighted by Crippen LogP contribution is -2.26. The van der Waals surface area contributed by atoms with Crippen LogP contribution in [-0.2, 0) is 14.9 Å². The van der Waals surface area contributed by atoms with Gasteiger partial charge in [-0.3, -0.25) is 10.6 Å². The van der Waals surface area contributed by atoms with Crippen LogP contribution in [0.5, 0.6) is 0 Å². The number of rotatable bonds is 26. The predicted molar refractivity (Wildman–Crippen MR) is 260 cm³/mol. The van der Waals surface area contributed by atoms with Crippen LogP contribution in [0.15, 0.2) is 122 Å². The van der Waals surface area contributed by atoms with Crippen molar-refractivity contribution in [2.75, 3.05) is 23.8 Å². The zero-order chi connectivity index (χ0) is 44.9. The van der Waals surface area contributed by atoms with Gasteiger partial charge in [0.25, 0.3) is 0 Å². The lowest BCUT2D eigenvalue weighted by molar-refractivity contribution is 0.173. The topological polar surface area (TPSA) is 117 Å². The molecule has 0 bridgehead atoms. The molecular weight excluding hydrogens is 785 g/mol. The van der Waals surface area contributed by atoms with Crippen molar-refractivity contribution < 1.29 is 29.3 Å². The summed E-state index contributed by atoms with van der Waals surface area (Å²) in [4.78, 5) is 26.3. The highest BCUT2D eigenvalue weighted by molar-refractivity contribution is 5.90. The predicted octanol–water partition coefficient (Wildman–Crippen LogP) is 14.4. The number of carbonyl (C=O) groups excluding carboxylic acids is 2. The summed E-state index contributed by atoms with van der Waals surface area (Å²) in [7, 11) is 0. The number of aliphatic hydroxyl groups is 2. The first-order valence-electron chi connectivity index (χ1n) is 23.0. The smallest absolute Gasteiger partial charge is 0.411 e. The van der Waals surface area contributed by atoms with Crippen molar-refractivity contribution in [3.8, 4) is 11.1 Å². The summed E-state index contributed by atoms with van der Waals surface area (Å²) >= 11 is 0. The van der Waals surface area contributed by atoms with Crippen molar-refractivity contribution in [1.82, 2.24) is 0 Å². The number of amides is 2. The molecule has 4 N–H and O–H groups in total. The average Bonchev–Trinajstić information content (AvgIpc) is 3.56. The molecule has 4 aromatic carbocycles.